The first kappa shape index (κ1) is 16.2. The highest BCUT2D eigenvalue weighted by molar-refractivity contribution is 5.34. The fraction of sp³-hybridized carbons (Fsp3) is 0.438. The highest BCUT2D eigenvalue weighted by Crippen LogP contribution is 2.17. The molecule has 118 valence electrons. The van der Waals surface area contributed by atoms with Gasteiger partial charge in [-0.2, -0.15) is 5.10 Å². The van der Waals surface area contributed by atoms with Crippen molar-refractivity contribution in [3.05, 3.63) is 57.4 Å². The molecule has 0 aliphatic rings. The van der Waals surface area contributed by atoms with Gasteiger partial charge in [0.25, 0.3) is 5.69 Å². The highest BCUT2D eigenvalue weighted by atomic mass is 16.6. The summed E-state index contributed by atoms with van der Waals surface area (Å²) in [6.07, 6.45) is 0.985. The molecule has 0 radical (unpaired) electrons. The number of nitrogens with one attached hydrogen (secondary N) is 1. The molecule has 0 saturated carbocycles. The molecule has 0 aliphatic heterocycles. The minimum atomic E-state index is -0.379. The number of non-ortho nitro benzene ring substituents is 1. The fourth-order valence-corrected chi connectivity index (χ4v) is 2.45. The summed E-state index contributed by atoms with van der Waals surface area (Å²) in [7, 11) is 0. The molecule has 0 aliphatic carbocycles. The van der Waals surface area contributed by atoms with Crippen molar-refractivity contribution in [3.8, 4) is 0 Å². The molecule has 0 saturated heterocycles. The molecule has 0 bridgehead atoms. The fourth-order valence-electron chi connectivity index (χ4n) is 2.45. The maximum absolute atomic E-state index is 10.6. The summed E-state index contributed by atoms with van der Waals surface area (Å²) in [6.45, 7) is 7.88. The Kier molecular flexibility index (Phi) is 5.27. The largest absolute Gasteiger partial charge is 0.310 e. The predicted octanol–water partition coefficient (Wildman–Crippen LogP) is 3.15. The molecule has 1 atom stereocenters. The topological polar surface area (TPSA) is 73.0 Å². The van der Waals surface area contributed by atoms with Gasteiger partial charge in [-0.05, 0) is 45.4 Å². The Labute approximate surface area is 130 Å². The standard InChI is InChI=1S/C16H22N4O2/c1-12-11-13(2)19(18-12)10-4-9-17-14(3)15-5-7-16(8-6-15)20(21)22/h5-8,11,14,17H,4,9-10H2,1-3H3. The number of aryl methyl sites for hydroxylation is 3. The first-order chi connectivity index (χ1) is 10.5. The molecule has 1 heterocycles. The third-order valence-corrected chi connectivity index (χ3v) is 3.70. The second kappa shape index (κ2) is 7.17. The molecule has 0 amide bonds. The normalized spacial score (nSPS) is 12.3. The minimum Gasteiger partial charge on any atom is -0.310 e. The van der Waals surface area contributed by atoms with Gasteiger partial charge < -0.3 is 5.32 Å². The van der Waals surface area contributed by atoms with Crippen LogP contribution in [0.5, 0.6) is 0 Å². The van der Waals surface area contributed by atoms with Gasteiger partial charge in [0.2, 0.25) is 0 Å². The number of hydrogen-bond donors (Lipinski definition) is 1. The maximum atomic E-state index is 10.6. The Bertz CT molecular complexity index is 634. The molecule has 2 rings (SSSR count). The van der Waals surface area contributed by atoms with Gasteiger partial charge >= 0.3 is 0 Å². The van der Waals surface area contributed by atoms with Crippen LogP contribution in [-0.2, 0) is 6.54 Å². The van der Waals surface area contributed by atoms with Gasteiger partial charge in [-0.25, -0.2) is 0 Å². The molecule has 1 aromatic carbocycles. The third kappa shape index (κ3) is 4.14. The average molecular weight is 302 g/mol. The lowest BCUT2D eigenvalue weighted by Crippen LogP contribution is -2.21. The van der Waals surface area contributed by atoms with Gasteiger partial charge in [-0.1, -0.05) is 12.1 Å². The van der Waals surface area contributed by atoms with Crippen molar-refractivity contribution in [2.45, 2.75) is 39.8 Å². The first-order valence-electron chi connectivity index (χ1n) is 7.46. The van der Waals surface area contributed by atoms with E-state index in [0.29, 0.717) is 0 Å². The number of benzene rings is 1. The summed E-state index contributed by atoms with van der Waals surface area (Å²) in [5, 5.41) is 18.5. The van der Waals surface area contributed by atoms with Gasteiger partial charge in [-0.3, -0.25) is 14.8 Å². The van der Waals surface area contributed by atoms with Gasteiger partial charge in [0.1, 0.15) is 0 Å². The molecule has 2 aromatic rings. The lowest BCUT2D eigenvalue weighted by molar-refractivity contribution is -0.384. The number of hydrogen-bond acceptors (Lipinski definition) is 4. The van der Waals surface area contributed by atoms with Crippen LogP contribution in [-0.4, -0.2) is 21.2 Å². The van der Waals surface area contributed by atoms with Crippen molar-refractivity contribution >= 4 is 5.69 Å². The molecule has 0 spiro atoms. The van der Waals surface area contributed by atoms with E-state index in [2.05, 4.69) is 30.3 Å². The van der Waals surface area contributed by atoms with Crippen molar-refractivity contribution in [1.29, 1.82) is 0 Å². The number of nitrogens with zero attached hydrogens (tertiary/aromatic N) is 3. The van der Waals surface area contributed by atoms with E-state index in [1.165, 1.54) is 5.69 Å². The maximum Gasteiger partial charge on any atom is 0.269 e. The van der Waals surface area contributed by atoms with E-state index >= 15 is 0 Å². The first-order valence-corrected chi connectivity index (χ1v) is 7.46. The number of rotatable bonds is 7. The average Bonchev–Trinajstić information content (AvgIpc) is 2.81. The van der Waals surface area contributed by atoms with Crippen LogP contribution in [0.15, 0.2) is 30.3 Å². The Morgan fingerprint density at radius 3 is 2.55 bits per heavy atom. The van der Waals surface area contributed by atoms with E-state index in [0.717, 1.165) is 30.8 Å². The van der Waals surface area contributed by atoms with E-state index in [1.807, 2.05) is 11.6 Å². The van der Waals surface area contributed by atoms with Crippen LogP contribution in [0.2, 0.25) is 0 Å². The molecular formula is C16H22N4O2. The van der Waals surface area contributed by atoms with Crippen LogP contribution in [0.3, 0.4) is 0 Å². The second-order valence-corrected chi connectivity index (χ2v) is 5.53. The smallest absolute Gasteiger partial charge is 0.269 e. The van der Waals surface area contributed by atoms with Gasteiger partial charge in [0, 0.05) is 30.4 Å². The van der Waals surface area contributed by atoms with Crippen molar-refractivity contribution in [2.75, 3.05) is 6.54 Å². The van der Waals surface area contributed by atoms with E-state index in [1.54, 1.807) is 24.3 Å². The van der Waals surface area contributed by atoms with Gasteiger partial charge in [0.05, 0.1) is 10.6 Å². The third-order valence-electron chi connectivity index (χ3n) is 3.70. The van der Waals surface area contributed by atoms with Crippen molar-refractivity contribution in [2.24, 2.45) is 0 Å². The van der Waals surface area contributed by atoms with Crippen LogP contribution < -0.4 is 5.32 Å². The Morgan fingerprint density at radius 1 is 1.32 bits per heavy atom. The zero-order valence-corrected chi connectivity index (χ0v) is 13.2. The van der Waals surface area contributed by atoms with Crippen LogP contribution >= 0.6 is 0 Å². The van der Waals surface area contributed by atoms with Crippen LogP contribution in [0.1, 0.15) is 36.3 Å². The van der Waals surface area contributed by atoms with Crippen LogP contribution in [0.25, 0.3) is 0 Å². The van der Waals surface area contributed by atoms with Crippen molar-refractivity contribution in [1.82, 2.24) is 15.1 Å². The van der Waals surface area contributed by atoms with E-state index in [4.69, 9.17) is 0 Å². The molecule has 1 aromatic heterocycles. The molecule has 6 heteroatoms. The minimum absolute atomic E-state index is 0.125. The van der Waals surface area contributed by atoms with E-state index in [-0.39, 0.29) is 16.7 Å². The monoisotopic (exact) mass is 302 g/mol. The molecule has 0 fully saturated rings. The van der Waals surface area contributed by atoms with E-state index in [9.17, 15) is 10.1 Å². The lowest BCUT2D eigenvalue weighted by Gasteiger charge is -2.14. The predicted molar refractivity (Wildman–Crippen MR) is 85.8 cm³/mol. The van der Waals surface area contributed by atoms with Crippen LogP contribution in [0.4, 0.5) is 5.69 Å². The Morgan fingerprint density at radius 2 is 2.00 bits per heavy atom. The number of nitro benzene ring substituents is 1. The second-order valence-electron chi connectivity index (χ2n) is 5.53. The Hall–Kier alpha value is -2.21. The molecule has 1 N–H and O–H groups in total. The molecule has 22 heavy (non-hydrogen) atoms. The molecule has 1 unspecified atom stereocenters. The van der Waals surface area contributed by atoms with Gasteiger partial charge in [0.15, 0.2) is 0 Å². The summed E-state index contributed by atoms with van der Waals surface area (Å²) in [5.74, 6) is 0. The summed E-state index contributed by atoms with van der Waals surface area (Å²) < 4.78 is 2.02. The van der Waals surface area contributed by atoms with Crippen molar-refractivity contribution in [3.63, 3.8) is 0 Å². The zero-order valence-electron chi connectivity index (χ0n) is 13.2. The summed E-state index contributed by atoms with van der Waals surface area (Å²) in [5.41, 5.74) is 3.41. The number of nitro groups is 1. The van der Waals surface area contributed by atoms with E-state index < -0.39 is 0 Å². The number of aromatic nitrogens is 2. The summed E-state index contributed by atoms with van der Waals surface area (Å²) >= 11 is 0. The van der Waals surface area contributed by atoms with Gasteiger partial charge in [-0.15, -0.1) is 0 Å². The Balaban J connectivity index is 1.79. The zero-order chi connectivity index (χ0) is 16.1. The SMILES string of the molecule is Cc1cc(C)n(CCCNC(C)c2ccc([N+](=O)[O-])cc2)n1. The van der Waals surface area contributed by atoms with Crippen LogP contribution in [0, 0.1) is 24.0 Å². The molecular weight excluding hydrogens is 280 g/mol. The quantitative estimate of drug-likeness (QED) is 0.484. The highest BCUT2D eigenvalue weighted by Gasteiger charge is 2.08. The lowest BCUT2D eigenvalue weighted by atomic mass is 10.1. The summed E-state index contributed by atoms with van der Waals surface area (Å²) in [4.78, 5) is 10.3. The molecule has 6 nitrogen and oxygen atoms in total. The van der Waals surface area contributed by atoms with Crippen molar-refractivity contribution < 1.29 is 4.92 Å². The summed E-state index contributed by atoms with van der Waals surface area (Å²) in [6, 6.07) is 8.94.